The standard InChI is InChI=1S/C13H17BrN2O2S.ClH/c14-12-3-1-2-4-13(12)19(17,18)16-8-7-10-5-6-11(9-16)15-10;/h1-4,10-11,15H,5-9H2;1H. The van der Waals surface area contributed by atoms with E-state index < -0.39 is 10.0 Å². The molecule has 4 nitrogen and oxygen atoms in total. The zero-order valence-electron chi connectivity index (χ0n) is 11.0. The van der Waals surface area contributed by atoms with Crippen LogP contribution in [0.4, 0.5) is 0 Å². The summed E-state index contributed by atoms with van der Waals surface area (Å²) in [6.07, 6.45) is 3.15. The van der Waals surface area contributed by atoms with Gasteiger partial charge in [-0.15, -0.1) is 12.4 Å². The molecule has 0 aromatic heterocycles. The molecule has 2 fully saturated rings. The van der Waals surface area contributed by atoms with Crippen LogP contribution in [0.1, 0.15) is 19.3 Å². The van der Waals surface area contributed by atoms with Gasteiger partial charge in [-0.25, -0.2) is 8.42 Å². The highest BCUT2D eigenvalue weighted by molar-refractivity contribution is 9.10. The van der Waals surface area contributed by atoms with E-state index in [-0.39, 0.29) is 12.4 Å². The van der Waals surface area contributed by atoms with Crippen LogP contribution < -0.4 is 5.32 Å². The second kappa shape index (κ2) is 6.32. The van der Waals surface area contributed by atoms with E-state index in [1.807, 2.05) is 6.07 Å². The lowest BCUT2D eigenvalue weighted by molar-refractivity contribution is 0.383. The zero-order valence-corrected chi connectivity index (χ0v) is 14.2. The summed E-state index contributed by atoms with van der Waals surface area (Å²) in [5.41, 5.74) is 0. The van der Waals surface area contributed by atoms with Crippen LogP contribution in [-0.4, -0.2) is 37.9 Å². The van der Waals surface area contributed by atoms with Gasteiger partial charge in [0.05, 0.1) is 4.90 Å². The number of hydrogen-bond acceptors (Lipinski definition) is 3. The first-order chi connectivity index (χ1) is 9.07. The summed E-state index contributed by atoms with van der Waals surface area (Å²) < 4.78 is 27.7. The fourth-order valence-electron chi connectivity index (χ4n) is 2.92. The predicted octanol–water partition coefficient (Wildman–Crippen LogP) is 2.39. The minimum atomic E-state index is -3.39. The molecule has 0 aliphatic carbocycles. The number of nitrogens with zero attached hydrogens (tertiary/aromatic N) is 1. The van der Waals surface area contributed by atoms with E-state index >= 15 is 0 Å². The number of nitrogens with one attached hydrogen (secondary N) is 1. The van der Waals surface area contributed by atoms with Crippen molar-refractivity contribution in [2.24, 2.45) is 0 Å². The van der Waals surface area contributed by atoms with E-state index in [0.717, 1.165) is 12.8 Å². The average molecular weight is 382 g/mol. The van der Waals surface area contributed by atoms with Gasteiger partial charge in [0.25, 0.3) is 0 Å². The third-order valence-corrected chi connectivity index (χ3v) is 6.82. The molecule has 20 heavy (non-hydrogen) atoms. The van der Waals surface area contributed by atoms with Crippen molar-refractivity contribution in [1.82, 2.24) is 9.62 Å². The van der Waals surface area contributed by atoms with Gasteiger partial charge in [-0.1, -0.05) is 12.1 Å². The minimum Gasteiger partial charge on any atom is -0.310 e. The maximum atomic E-state index is 12.7. The fourth-order valence-corrected chi connectivity index (χ4v) is 5.39. The van der Waals surface area contributed by atoms with E-state index in [4.69, 9.17) is 0 Å². The number of fused-ring (bicyclic) bond motifs is 2. The van der Waals surface area contributed by atoms with Crippen LogP contribution in [0, 0.1) is 0 Å². The van der Waals surface area contributed by atoms with Gasteiger partial charge in [0, 0.05) is 29.6 Å². The van der Waals surface area contributed by atoms with Gasteiger partial charge in [-0.05, 0) is 47.3 Å². The molecule has 0 saturated carbocycles. The maximum absolute atomic E-state index is 12.7. The first kappa shape index (κ1) is 16.2. The summed E-state index contributed by atoms with van der Waals surface area (Å²) in [5.74, 6) is 0. The molecule has 2 aliphatic heterocycles. The molecule has 0 spiro atoms. The van der Waals surface area contributed by atoms with E-state index in [2.05, 4.69) is 21.2 Å². The first-order valence-electron chi connectivity index (χ1n) is 6.58. The molecule has 1 N–H and O–H groups in total. The Morgan fingerprint density at radius 2 is 1.85 bits per heavy atom. The molecule has 1 aromatic rings. The molecule has 2 atom stereocenters. The van der Waals surface area contributed by atoms with Crippen molar-refractivity contribution in [3.8, 4) is 0 Å². The van der Waals surface area contributed by atoms with Crippen molar-refractivity contribution in [3.05, 3.63) is 28.7 Å². The Labute approximate surface area is 134 Å². The van der Waals surface area contributed by atoms with Crippen molar-refractivity contribution < 1.29 is 8.42 Å². The quantitative estimate of drug-likeness (QED) is 0.856. The monoisotopic (exact) mass is 380 g/mol. The summed E-state index contributed by atoms with van der Waals surface area (Å²) in [5, 5.41) is 3.50. The summed E-state index contributed by atoms with van der Waals surface area (Å²) in [4.78, 5) is 0.368. The van der Waals surface area contributed by atoms with Crippen molar-refractivity contribution in [3.63, 3.8) is 0 Å². The molecule has 0 amide bonds. The van der Waals surface area contributed by atoms with Gasteiger partial charge in [0.2, 0.25) is 10.0 Å². The van der Waals surface area contributed by atoms with Gasteiger partial charge in [0.1, 0.15) is 0 Å². The van der Waals surface area contributed by atoms with Gasteiger partial charge in [-0.2, -0.15) is 4.31 Å². The maximum Gasteiger partial charge on any atom is 0.244 e. The molecule has 1 aromatic carbocycles. The first-order valence-corrected chi connectivity index (χ1v) is 8.81. The van der Waals surface area contributed by atoms with Crippen LogP contribution in [0.15, 0.2) is 33.6 Å². The summed E-state index contributed by atoms with van der Waals surface area (Å²) in [6, 6.07) is 7.83. The summed E-state index contributed by atoms with van der Waals surface area (Å²) in [6.45, 7) is 1.19. The van der Waals surface area contributed by atoms with Crippen molar-refractivity contribution in [1.29, 1.82) is 0 Å². The molecule has 2 aliphatic rings. The second-order valence-electron chi connectivity index (χ2n) is 5.22. The summed E-state index contributed by atoms with van der Waals surface area (Å²) in [7, 11) is -3.39. The van der Waals surface area contributed by atoms with Gasteiger partial charge < -0.3 is 5.32 Å². The average Bonchev–Trinajstić information content (AvgIpc) is 2.68. The molecule has 2 heterocycles. The topological polar surface area (TPSA) is 49.4 Å². The van der Waals surface area contributed by atoms with Crippen LogP contribution in [0.2, 0.25) is 0 Å². The molecule has 2 unspecified atom stereocenters. The predicted molar refractivity (Wildman–Crippen MR) is 84.7 cm³/mol. The van der Waals surface area contributed by atoms with Crippen LogP contribution >= 0.6 is 28.3 Å². The fraction of sp³-hybridized carbons (Fsp3) is 0.538. The molecule has 0 radical (unpaired) electrons. The summed E-state index contributed by atoms with van der Waals surface area (Å²) >= 11 is 3.34. The van der Waals surface area contributed by atoms with E-state index in [1.54, 1.807) is 22.5 Å². The van der Waals surface area contributed by atoms with E-state index in [1.165, 1.54) is 6.42 Å². The normalized spacial score (nSPS) is 26.9. The number of halogens is 2. The molecule has 7 heteroatoms. The largest absolute Gasteiger partial charge is 0.310 e. The third-order valence-electron chi connectivity index (χ3n) is 3.94. The molecule has 2 bridgehead atoms. The Morgan fingerprint density at radius 3 is 2.60 bits per heavy atom. The van der Waals surface area contributed by atoms with Crippen molar-refractivity contribution in [2.75, 3.05) is 13.1 Å². The van der Waals surface area contributed by atoms with Gasteiger partial charge in [0.15, 0.2) is 0 Å². The smallest absolute Gasteiger partial charge is 0.244 e. The van der Waals surface area contributed by atoms with Crippen LogP contribution in [0.25, 0.3) is 0 Å². The Bertz CT molecular complexity index is 581. The zero-order chi connectivity index (χ0) is 13.5. The van der Waals surface area contributed by atoms with Crippen molar-refractivity contribution in [2.45, 2.75) is 36.2 Å². The second-order valence-corrected chi connectivity index (χ2v) is 7.98. The van der Waals surface area contributed by atoms with Gasteiger partial charge in [-0.3, -0.25) is 0 Å². The number of rotatable bonds is 2. The lowest BCUT2D eigenvalue weighted by atomic mass is 10.1. The molecular formula is C13H18BrClN2O2S. The number of benzene rings is 1. The third kappa shape index (κ3) is 3.04. The lowest BCUT2D eigenvalue weighted by Gasteiger charge is -2.24. The Morgan fingerprint density at radius 1 is 1.15 bits per heavy atom. The SMILES string of the molecule is Cl.O=S(=O)(c1ccccc1Br)N1CCC2CCC(C1)N2. The molecular weight excluding hydrogens is 364 g/mol. The van der Waals surface area contributed by atoms with E-state index in [0.29, 0.717) is 34.5 Å². The van der Waals surface area contributed by atoms with Crippen LogP contribution in [-0.2, 0) is 10.0 Å². The highest BCUT2D eigenvalue weighted by atomic mass is 79.9. The molecule has 3 rings (SSSR count). The Balaban J connectivity index is 0.00000147. The minimum absolute atomic E-state index is 0. The number of sulfonamides is 1. The van der Waals surface area contributed by atoms with E-state index in [9.17, 15) is 8.42 Å². The Hall–Kier alpha value is -0.140. The van der Waals surface area contributed by atoms with Crippen LogP contribution in [0.5, 0.6) is 0 Å². The highest BCUT2D eigenvalue weighted by Crippen LogP contribution is 2.28. The number of hydrogen-bond donors (Lipinski definition) is 1. The van der Waals surface area contributed by atoms with Gasteiger partial charge >= 0.3 is 0 Å². The molecule has 112 valence electrons. The van der Waals surface area contributed by atoms with Crippen LogP contribution in [0.3, 0.4) is 0 Å². The molecule has 2 saturated heterocycles. The highest BCUT2D eigenvalue weighted by Gasteiger charge is 2.35. The van der Waals surface area contributed by atoms with Crippen molar-refractivity contribution >= 4 is 38.4 Å². The lowest BCUT2D eigenvalue weighted by Crippen LogP contribution is -2.39. The Kier molecular flexibility index (Phi) is 5.13.